The Morgan fingerprint density at radius 2 is 1.62 bits per heavy atom. The van der Waals surface area contributed by atoms with Crippen molar-refractivity contribution in [2.75, 3.05) is 6.54 Å². The highest BCUT2D eigenvalue weighted by molar-refractivity contribution is 5.70. The van der Waals surface area contributed by atoms with Gasteiger partial charge in [0, 0.05) is 31.0 Å². The first-order valence-electron chi connectivity index (χ1n) is 11.2. The van der Waals surface area contributed by atoms with E-state index in [0.717, 1.165) is 11.6 Å². The molecule has 0 bridgehead atoms. The van der Waals surface area contributed by atoms with E-state index in [-0.39, 0.29) is 12.5 Å². The maximum Gasteiger partial charge on any atom is 0.411 e. The van der Waals surface area contributed by atoms with Gasteiger partial charge in [-0.2, -0.15) is 0 Å². The molecule has 0 saturated carbocycles. The molecule has 34 heavy (non-hydrogen) atoms. The van der Waals surface area contributed by atoms with Crippen molar-refractivity contribution in [3.05, 3.63) is 95.3 Å². The highest BCUT2D eigenvalue weighted by Gasteiger charge is 2.44. The Hall–Kier alpha value is -3.32. The quantitative estimate of drug-likeness (QED) is 0.458. The zero-order chi connectivity index (χ0) is 24.5. The van der Waals surface area contributed by atoms with Gasteiger partial charge in [-0.25, -0.2) is 18.0 Å². The minimum absolute atomic E-state index is 0.199. The van der Waals surface area contributed by atoms with Crippen LogP contribution in [0, 0.1) is 17.5 Å². The predicted molar refractivity (Wildman–Crippen MR) is 122 cm³/mol. The molecule has 3 aromatic carbocycles. The SMILES string of the molecule is CC(c1ccc(-c2ccc(F)cc2F)cc1)N1CC[C@](C[C@H](C)O)(c2ccc(F)cc2)OC1=O. The van der Waals surface area contributed by atoms with Crippen LogP contribution in [0.5, 0.6) is 0 Å². The van der Waals surface area contributed by atoms with Crippen molar-refractivity contribution < 1.29 is 27.8 Å². The first-order chi connectivity index (χ1) is 16.2. The summed E-state index contributed by atoms with van der Waals surface area (Å²) < 4.78 is 46.7. The van der Waals surface area contributed by atoms with Crippen molar-refractivity contribution >= 4 is 6.09 Å². The molecule has 1 aliphatic rings. The lowest BCUT2D eigenvalue weighted by molar-refractivity contribution is -0.0815. The fourth-order valence-electron chi connectivity index (χ4n) is 4.56. The number of ether oxygens (including phenoxy) is 1. The van der Waals surface area contributed by atoms with Crippen molar-refractivity contribution in [3.63, 3.8) is 0 Å². The molecule has 0 aliphatic carbocycles. The van der Waals surface area contributed by atoms with Gasteiger partial charge in [-0.3, -0.25) is 0 Å². The van der Waals surface area contributed by atoms with E-state index in [4.69, 9.17) is 4.74 Å². The summed E-state index contributed by atoms with van der Waals surface area (Å²) in [7, 11) is 0. The Balaban J connectivity index is 1.53. The molecular formula is C27H26F3NO3. The van der Waals surface area contributed by atoms with Gasteiger partial charge < -0.3 is 14.7 Å². The van der Waals surface area contributed by atoms with Gasteiger partial charge in [-0.05, 0) is 54.8 Å². The van der Waals surface area contributed by atoms with Crippen molar-refractivity contribution in [3.8, 4) is 11.1 Å². The van der Waals surface area contributed by atoms with Crippen molar-refractivity contribution in [2.24, 2.45) is 0 Å². The first-order valence-corrected chi connectivity index (χ1v) is 11.2. The minimum atomic E-state index is -1.04. The first kappa shape index (κ1) is 23.8. The Morgan fingerprint density at radius 3 is 2.21 bits per heavy atom. The van der Waals surface area contributed by atoms with Gasteiger partial charge in [-0.1, -0.05) is 36.4 Å². The van der Waals surface area contributed by atoms with Crippen LogP contribution < -0.4 is 0 Å². The van der Waals surface area contributed by atoms with E-state index in [2.05, 4.69) is 0 Å². The number of aliphatic hydroxyl groups is 1. The molecule has 4 nitrogen and oxygen atoms in total. The molecule has 1 fully saturated rings. The van der Waals surface area contributed by atoms with E-state index < -0.39 is 35.2 Å². The number of carbonyl (C=O) groups excluding carboxylic acids is 1. The maximum absolute atomic E-state index is 14.1. The van der Waals surface area contributed by atoms with Crippen LogP contribution in [-0.4, -0.2) is 28.7 Å². The maximum atomic E-state index is 14.1. The largest absolute Gasteiger partial charge is 0.438 e. The topological polar surface area (TPSA) is 49.8 Å². The third-order valence-corrected chi connectivity index (χ3v) is 6.37. The summed E-state index contributed by atoms with van der Waals surface area (Å²) in [4.78, 5) is 14.7. The van der Waals surface area contributed by atoms with Crippen LogP contribution in [0.3, 0.4) is 0 Å². The lowest BCUT2D eigenvalue weighted by Gasteiger charge is -2.44. The third-order valence-electron chi connectivity index (χ3n) is 6.37. The second kappa shape index (κ2) is 9.50. The second-order valence-electron chi connectivity index (χ2n) is 8.79. The summed E-state index contributed by atoms with van der Waals surface area (Å²) in [6.45, 7) is 3.87. The van der Waals surface area contributed by atoms with E-state index in [1.54, 1.807) is 48.2 Å². The van der Waals surface area contributed by atoms with Crippen molar-refractivity contribution in [2.45, 2.75) is 44.4 Å². The molecule has 4 rings (SSSR count). The normalized spacial score (nSPS) is 20.1. The molecule has 0 radical (unpaired) electrons. The third kappa shape index (κ3) is 4.80. The summed E-state index contributed by atoms with van der Waals surface area (Å²) in [5.41, 5.74) is 1.32. The number of hydrogen-bond donors (Lipinski definition) is 1. The lowest BCUT2D eigenvalue weighted by atomic mass is 9.83. The monoisotopic (exact) mass is 469 g/mol. The minimum Gasteiger partial charge on any atom is -0.438 e. The summed E-state index contributed by atoms with van der Waals surface area (Å²) in [5.74, 6) is -1.67. The Labute approximate surface area is 196 Å². The molecule has 3 aromatic rings. The highest BCUT2D eigenvalue weighted by atomic mass is 19.1. The van der Waals surface area contributed by atoms with E-state index in [1.807, 2.05) is 6.92 Å². The zero-order valence-corrected chi connectivity index (χ0v) is 19.0. The van der Waals surface area contributed by atoms with Crippen LogP contribution in [0.15, 0.2) is 66.7 Å². The van der Waals surface area contributed by atoms with Gasteiger partial charge in [0.1, 0.15) is 23.1 Å². The van der Waals surface area contributed by atoms with Gasteiger partial charge in [0.15, 0.2) is 0 Å². The number of hydrogen-bond acceptors (Lipinski definition) is 3. The van der Waals surface area contributed by atoms with Gasteiger partial charge in [0.05, 0.1) is 12.1 Å². The molecule has 1 unspecified atom stereocenters. The zero-order valence-electron chi connectivity index (χ0n) is 19.0. The second-order valence-corrected chi connectivity index (χ2v) is 8.79. The number of aliphatic hydroxyl groups excluding tert-OH is 1. The molecule has 1 saturated heterocycles. The molecule has 7 heteroatoms. The molecular weight excluding hydrogens is 443 g/mol. The average molecular weight is 470 g/mol. The lowest BCUT2D eigenvalue weighted by Crippen LogP contribution is -2.49. The number of benzene rings is 3. The molecule has 178 valence electrons. The molecule has 1 aliphatic heterocycles. The van der Waals surface area contributed by atoms with E-state index in [0.29, 0.717) is 29.7 Å². The van der Waals surface area contributed by atoms with Gasteiger partial charge >= 0.3 is 6.09 Å². The number of nitrogens with zero attached hydrogens (tertiary/aromatic N) is 1. The van der Waals surface area contributed by atoms with Gasteiger partial charge in [-0.15, -0.1) is 0 Å². The molecule has 1 amide bonds. The molecule has 0 aromatic heterocycles. The summed E-state index contributed by atoms with van der Waals surface area (Å²) in [5, 5.41) is 10.1. The van der Waals surface area contributed by atoms with Crippen LogP contribution >= 0.6 is 0 Å². The van der Waals surface area contributed by atoms with Gasteiger partial charge in [0.25, 0.3) is 0 Å². The molecule has 3 atom stereocenters. The van der Waals surface area contributed by atoms with E-state index in [1.165, 1.54) is 24.3 Å². The molecule has 1 heterocycles. The van der Waals surface area contributed by atoms with E-state index >= 15 is 0 Å². The van der Waals surface area contributed by atoms with Crippen LogP contribution in [0.25, 0.3) is 11.1 Å². The fraction of sp³-hybridized carbons (Fsp3) is 0.296. The molecule has 1 N–H and O–H groups in total. The highest BCUT2D eigenvalue weighted by Crippen LogP contribution is 2.40. The van der Waals surface area contributed by atoms with Gasteiger partial charge in [0.2, 0.25) is 0 Å². The van der Waals surface area contributed by atoms with Crippen LogP contribution in [-0.2, 0) is 10.3 Å². The average Bonchev–Trinajstić information content (AvgIpc) is 2.79. The van der Waals surface area contributed by atoms with E-state index in [9.17, 15) is 23.1 Å². The smallest absolute Gasteiger partial charge is 0.411 e. The van der Waals surface area contributed by atoms with Crippen LogP contribution in [0.1, 0.15) is 43.9 Å². The number of halogens is 3. The Morgan fingerprint density at radius 1 is 0.971 bits per heavy atom. The fourth-order valence-corrected chi connectivity index (χ4v) is 4.56. The number of cyclic esters (lactones) is 1. The summed E-state index contributed by atoms with van der Waals surface area (Å²) >= 11 is 0. The number of amides is 1. The Bertz CT molecular complexity index is 1160. The number of carbonyl (C=O) groups is 1. The Kier molecular flexibility index (Phi) is 6.66. The van der Waals surface area contributed by atoms with Crippen molar-refractivity contribution in [1.82, 2.24) is 4.90 Å². The standard InChI is InChI=1S/C27H26F3NO3/c1-17(32)16-27(21-7-9-22(28)10-8-21)13-14-31(26(33)34-27)18(2)19-3-5-20(6-4-19)24-12-11-23(29)15-25(24)30/h3-12,15,17-18,32H,13-14,16H2,1-2H3/t17-,18?,27-/m0/s1. The predicted octanol–water partition coefficient (Wildman–Crippen LogP) is 6.34. The summed E-state index contributed by atoms with van der Waals surface area (Å²) in [6.07, 6.45) is -0.623. The number of rotatable bonds is 6. The van der Waals surface area contributed by atoms with Crippen LogP contribution in [0.2, 0.25) is 0 Å². The van der Waals surface area contributed by atoms with Crippen LogP contribution in [0.4, 0.5) is 18.0 Å². The summed E-state index contributed by atoms with van der Waals surface area (Å²) in [6, 6.07) is 16.0. The molecule has 0 spiro atoms. The van der Waals surface area contributed by atoms with Crippen molar-refractivity contribution in [1.29, 1.82) is 0 Å².